The molecular weight excluding hydrogens is 218 g/mol. The summed E-state index contributed by atoms with van der Waals surface area (Å²) in [5, 5.41) is 0. The zero-order valence-corrected chi connectivity index (χ0v) is 10.3. The third-order valence-corrected chi connectivity index (χ3v) is 3.17. The zero-order valence-electron chi connectivity index (χ0n) is 10.3. The number of pyridine rings is 1. The average Bonchev–Trinajstić information content (AvgIpc) is 2.39. The van der Waals surface area contributed by atoms with Crippen LogP contribution in [0.15, 0.2) is 12.1 Å². The van der Waals surface area contributed by atoms with E-state index in [1.54, 1.807) is 7.11 Å². The highest BCUT2D eigenvalue weighted by atomic mass is 16.5. The Balaban J connectivity index is 2.15. The maximum Gasteiger partial charge on any atom is 0.238 e. The summed E-state index contributed by atoms with van der Waals surface area (Å²) in [4.78, 5) is 6.57. The highest BCUT2D eigenvalue weighted by molar-refractivity contribution is 5.54. The molecule has 0 saturated carbocycles. The van der Waals surface area contributed by atoms with Crippen molar-refractivity contribution in [3.8, 4) is 5.88 Å². The molecule has 0 aromatic carbocycles. The van der Waals surface area contributed by atoms with E-state index in [0.717, 1.165) is 31.9 Å². The van der Waals surface area contributed by atoms with Crippen molar-refractivity contribution < 1.29 is 9.47 Å². The highest BCUT2D eigenvalue weighted by Gasteiger charge is 2.20. The molecule has 5 nitrogen and oxygen atoms in total. The molecule has 2 rings (SSSR count). The third kappa shape index (κ3) is 2.61. The predicted octanol–water partition coefficient (Wildman–Crippen LogP) is 1.29. The number of nitrogens with zero attached hydrogens (tertiary/aromatic N) is 2. The Bertz CT molecular complexity index is 378. The Morgan fingerprint density at radius 3 is 2.76 bits per heavy atom. The second-order valence-electron chi connectivity index (χ2n) is 4.22. The van der Waals surface area contributed by atoms with Gasteiger partial charge in [0.1, 0.15) is 5.82 Å². The van der Waals surface area contributed by atoms with Gasteiger partial charge in [0.25, 0.3) is 0 Å². The normalized spacial score (nSPS) is 16.8. The summed E-state index contributed by atoms with van der Waals surface area (Å²) in [6.07, 6.45) is 2.07. The van der Waals surface area contributed by atoms with E-state index < -0.39 is 0 Å². The van der Waals surface area contributed by atoms with E-state index >= 15 is 0 Å². The number of nitrogen functional groups attached to an aromatic ring is 1. The van der Waals surface area contributed by atoms with Crippen molar-refractivity contribution in [3.63, 3.8) is 0 Å². The number of hydrogen-bond acceptors (Lipinski definition) is 5. The van der Waals surface area contributed by atoms with Crippen LogP contribution in [0.25, 0.3) is 0 Å². The Kier molecular flexibility index (Phi) is 3.68. The second-order valence-corrected chi connectivity index (χ2v) is 4.22. The molecule has 1 aromatic rings. The maximum absolute atomic E-state index is 5.75. The quantitative estimate of drug-likeness (QED) is 0.858. The monoisotopic (exact) mass is 237 g/mol. The van der Waals surface area contributed by atoms with Gasteiger partial charge in [0.05, 0.1) is 12.8 Å². The number of hydrogen-bond donors (Lipinski definition) is 1. The van der Waals surface area contributed by atoms with Gasteiger partial charge >= 0.3 is 0 Å². The van der Waals surface area contributed by atoms with Gasteiger partial charge in [0.2, 0.25) is 5.88 Å². The van der Waals surface area contributed by atoms with Gasteiger partial charge in [-0.25, -0.2) is 0 Å². The Morgan fingerprint density at radius 1 is 1.41 bits per heavy atom. The summed E-state index contributed by atoms with van der Waals surface area (Å²) >= 11 is 0. The molecule has 1 aromatic heterocycles. The molecule has 0 atom stereocenters. The molecule has 2 heterocycles. The molecule has 1 saturated heterocycles. The fourth-order valence-electron chi connectivity index (χ4n) is 2.06. The number of aromatic nitrogens is 1. The van der Waals surface area contributed by atoms with Crippen LogP contribution in [-0.4, -0.2) is 38.4 Å². The number of ether oxygens (including phenoxy) is 2. The molecule has 0 radical (unpaired) electrons. The summed E-state index contributed by atoms with van der Waals surface area (Å²) in [7, 11) is 3.63. The summed E-state index contributed by atoms with van der Waals surface area (Å²) in [5.41, 5.74) is 6.32. The average molecular weight is 237 g/mol. The molecule has 5 heteroatoms. The SMILES string of the molecule is COc1nc(N(C)C2CCOCC2)ccc1N. The van der Waals surface area contributed by atoms with Gasteiger partial charge in [-0.2, -0.15) is 4.98 Å². The standard InChI is InChI=1S/C12H19N3O2/c1-15(9-5-7-17-8-6-9)11-4-3-10(13)12(14-11)16-2/h3-4,9H,5-8,13H2,1-2H3. The smallest absolute Gasteiger partial charge is 0.238 e. The Morgan fingerprint density at radius 2 is 2.12 bits per heavy atom. The van der Waals surface area contributed by atoms with Gasteiger partial charge < -0.3 is 20.1 Å². The number of anilines is 2. The van der Waals surface area contributed by atoms with Crippen molar-refractivity contribution >= 4 is 11.5 Å². The van der Waals surface area contributed by atoms with E-state index in [4.69, 9.17) is 15.2 Å². The van der Waals surface area contributed by atoms with Crippen LogP contribution >= 0.6 is 0 Å². The van der Waals surface area contributed by atoms with Crippen LogP contribution in [0.1, 0.15) is 12.8 Å². The predicted molar refractivity (Wildman–Crippen MR) is 67.4 cm³/mol. The van der Waals surface area contributed by atoms with E-state index in [2.05, 4.69) is 9.88 Å². The van der Waals surface area contributed by atoms with E-state index in [9.17, 15) is 0 Å². The zero-order chi connectivity index (χ0) is 12.3. The number of nitrogens with two attached hydrogens (primary N) is 1. The molecule has 2 N–H and O–H groups in total. The molecule has 0 aliphatic carbocycles. The lowest BCUT2D eigenvalue weighted by atomic mass is 10.1. The highest BCUT2D eigenvalue weighted by Crippen LogP contribution is 2.25. The minimum Gasteiger partial charge on any atom is -0.479 e. The summed E-state index contributed by atoms with van der Waals surface area (Å²) in [5.74, 6) is 1.38. The molecule has 17 heavy (non-hydrogen) atoms. The van der Waals surface area contributed by atoms with Crippen LogP contribution in [0.4, 0.5) is 11.5 Å². The molecule has 0 bridgehead atoms. The van der Waals surface area contributed by atoms with E-state index in [1.807, 2.05) is 19.2 Å². The molecule has 0 unspecified atom stereocenters. The molecule has 1 fully saturated rings. The lowest BCUT2D eigenvalue weighted by Crippen LogP contribution is -2.37. The van der Waals surface area contributed by atoms with E-state index in [1.165, 1.54) is 0 Å². The first-order valence-corrected chi connectivity index (χ1v) is 5.83. The first-order valence-electron chi connectivity index (χ1n) is 5.83. The maximum atomic E-state index is 5.75. The summed E-state index contributed by atoms with van der Waals surface area (Å²) < 4.78 is 10.5. The Labute approximate surface area is 102 Å². The van der Waals surface area contributed by atoms with Crippen molar-refractivity contribution in [1.29, 1.82) is 0 Å². The van der Waals surface area contributed by atoms with Gasteiger partial charge in [-0.1, -0.05) is 0 Å². The van der Waals surface area contributed by atoms with Crippen LogP contribution in [-0.2, 0) is 4.74 Å². The van der Waals surface area contributed by atoms with Crippen LogP contribution in [0.3, 0.4) is 0 Å². The van der Waals surface area contributed by atoms with E-state index in [-0.39, 0.29) is 0 Å². The fourth-order valence-corrected chi connectivity index (χ4v) is 2.06. The molecule has 94 valence electrons. The largest absolute Gasteiger partial charge is 0.479 e. The summed E-state index contributed by atoms with van der Waals surface area (Å²) in [6, 6.07) is 4.23. The summed E-state index contributed by atoms with van der Waals surface area (Å²) in [6.45, 7) is 1.64. The van der Waals surface area contributed by atoms with Gasteiger partial charge in [0, 0.05) is 26.3 Å². The van der Waals surface area contributed by atoms with Crippen LogP contribution in [0.5, 0.6) is 5.88 Å². The van der Waals surface area contributed by atoms with Crippen LogP contribution < -0.4 is 15.4 Å². The number of methoxy groups -OCH3 is 1. The minimum absolute atomic E-state index is 0.476. The fraction of sp³-hybridized carbons (Fsp3) is 0.583. The molecule has 0 amide bonds. The van der Waals surface area contributed by atoms with Gasteiger partial charge in [0.15, 0.2) is 0 Å². The molecule has 0 spiro atoms. The van der Waals surface area contributed by atoms with Gasteiger partial charge in [-0.05, 0) is 25.0 Å². The van der Waals surface area contributed by atoms with Crippen molar-refractivity contribution in [1.82, 2.24) is 4.98 Å². The lowest BCUT2D eigenvalue weighted by molar-refractivity contribution is 0.0853. The third-order valence-electron chi connectivity index (χ3n) is 3.17. The number of rotatable bonds is 3. The molecule has 1 aliphatic heterocycles. The van der Waals surface area contributed by atoms with Crippen molar-refractivity contribution in [2.45, 2.75) is 18.9 Å². The first kappa shape index (κ1) is 12.0. The molecule has 1 aliphatic rings. The lowest BCUT2D eigenvalue weighted by Gasteiger charge is -2.32. The van der Waals surface area contributed by atoms with Crippen molar-refractivity contribution in [2.75, 3.05) is 38.0 Å². The van der Waals surface area contributed by atoms with Gasteiger partial charge in [-0.15, -0.1) is 0 Å². The second kappa shape index (κ2) is 5.23. The van der Waals surface area contributed by atoms with Crippen LogP contribution in [0, 0.1) is 0 Å². The van der Waals surface area contributed by atoms with Crippen LogP contribution in [0.2, 0.25) is 0 Å². The van der Waals surface area contributed by atoms with Crippen molar-refractivity contribution in [3.05, 3.63) is 12.1 Å². The Hall–Kier alpha value is -1.49. The van der Waals surface area contributed by atoms with E-state index in [0.29, 0.717) is 17.6 Å². The topological polar surface area (TPSA) is 60.6 Å². The molecular formula is C12H19N3O2. The first-order chi connectivity index (χ1) is 8.22. The van der Waals surface area contributed by atoms with Crippen molar-refractivity contribution in [2.24, 2.45) is 0 Å². The van der Waals surface area contributed by atoms with Gasteiger partial charge in [-0.3, -0.25) is 0 Å². The minimum atomic E-state index is 0.476.